The van der Waals surface area contributed by atoms with E-state index in [1.54, 1.807) is 7.11 Å². The highest BCUT2D eigenvalue weighted by Crippen LogP contribution is 2.13. The second-order valence-electron chi connectivity index (χ2n) is 5.51. The SMILES string of the molecule is COc1ccc(CCC(C)NCC(C)N(C)C)cc1. The smallest absolute Gasteiger partial charge is 0.118 e. The molecule has 1 aromatic rings. The molecule has 1 rings (SSSR count). The topological polar surface area (TPSA) is 24.5 Å². The first-order valence-corrected chi connectivity index (χ1v) is 7.05. The Hall–Kier alpha value is -1.06. The molecule has 0 bridgehead atoms. The minimum Gasteiger partial charge on any atom is -0.497 e. The standard InChI is InChI=1S/C16H28N2O/c1-13(17-12-14(2)18(3)4)6-7-15-8-10-16(19-5)11-9-15/h8-11,13-14,17H,6-7,12H2,1-5H3. The van der Waals surface area contributed by atoms with Gasteiger partial charge in [0.1, 0.15) is 5.75 Å². The summed E-state index contributed by atoms with van der Waals surface area (Å²) in [4.78, 5) is 2.24. The van der Waals surface area contributed by atoms with Crippen LogP contribution in [0.4, 0.5) is 0 Å². The van der Waals surface area contributed by atoms with Crippen molar-refractivity contribution in [3.8, 4) is 5.75 Å². The summed E-state index contributed by atoms with van der Waals surface area (Å²) < 4.78 is 5.17. The molecule has 1 aromatic carbocycles. The number of benzene rings is 1. The van der Waals surface area contributed by atoms with E-state index in [-0.39, 0.29) is 0 Å². The molecule has 3 nitrogen and oxygen atoms in total. The molecule has 0 aliphatic rings. The Balaban J connectivity index is 2.27. The Kier molecular flexibility index (Phi) is 6.89. The van der Waals surface area contributed by atoms with Crippen LogP contribution in [0.5, 0.6) is 5.75 Å². The first-order chi connectivity index (χ1) is 9.02. The number of methoxy groups -OCH3 is 1. The van der Waals surface area contributed by atoms with Crippen LogP contribution in [0.3, 0.4) is 0 Å². The molecule has 0 spiro atoms. The quantitative estimate of drug-likeness (QED) is 0.781. The fourth-order valence-electron chi connectivity index (χ4n) is 1.83. The third kappa shape index (κ3) is 6.08. The molecule has 0 aromatic heterocycles. The maximum Gasteiger partial charge on any atom is 0.118 e. The van der Waals surface area contributed by atoms with Gasteiger partial charge in [0.2, 0.25) is 0 Å². The van der Waals surface area contributed by atoms with Crippen LogP contribution in [0.2, 0.25) is 0 Å². The van der Waals surface area contributed by atoms with E-state index in [9.17, 15) is 0 Å². The largest absolute Gasteiger partial charge is 0.497 e. The van der Waals surface area contributed by atoms with E-state index in [1.165, 1.54) is 5.56 Å². The molecule has 1 N–H and O–H groups in total. The van der Waals surface area contributed by atoms with Crippen molar-refractivity contribution in [1.82, 2.24) is 10.2 Å². The average Bonchev–Trinajstić information content (AvgIpc) is 2.42. The lowest BCUT2D eigenvalue weighted by Gasteiger charge is -2.22. The molecule has 0 aliphatic heterocycles. The normalized spacial score (nSPS) is 14.4. The fraction of sp³-hybridized carbons (Fsp3) is 0.625. The van der Waals surface area contributed by atoms with Gasteiger partial charge in [0.05, 0.1) is 7.11 Å². The van der Waals surface area contributed by atoms with Crippen LogP contribution in [0.15, 0.2) is 24.3 Å². The molecule has 2 unspecified atom stereocenters. The summed E-state index contributed by atoms with van der Waals surface area (Å²) in [5, 5.41) is 3.59. The van der Waals surface area contributed by atoms with Crippen LogP contribution < -0.4 is 10.1 Å². The molecular weight excluding hydrogens is 236 g/mol. The second-order valence-corrected chi connectivity index (χ2v) is 5.51. The van der Waals surface area contributed by atoms with Crippen LogP contribution in [0, 0.1) is 0 Å². The Morgan fingerprint density at radius 2 is 1.79 bits per heavy atom. The summed E-state index contributed by atoms with van der Waals surface area (Å²) in [5.41, 5.74) is 1.37. The Labute approximate surface area is 118 Å². The third-order valence-corrected chi connectivity index (χ3v) is 3.67. The van der Waals surface area contributed by atoms with Gasteiger partial charge in [-0.1, -0.05) is 12.1 Å². The molecule has 0 saturated carbocycles. The molecule has 3 heteroatoms. The van der Waals surface area contributed by atoms with Crippen molar-refractivity contribution >= 4 is 0 Å². The minimum absolute atomic E-state index is 0.546. The predicted molar refractivity (Wildman–Crippen MR) is 81.9 cm³/mol. The van der Waals surface area contributed by atoms with Crippen molar-refractivity contribution in [1.29, 1.82) is 0 Å². The zero-order valence-electron chi connectivity index (χ0n) is 12.9. The van der Waals surface area contributed by atoms with Crippen LogP contribution >= 0.6 is 0 Å². The number of rotatable bonds is 8. The summed E-state index contributed by atoms with van der Waals surface area (Å²) in [6.07, 6.45) is 2.26. The zero-order chi connectivity index (χ0) is 14.3. The highest BCUT2D eigenvalue weighted by molar-refractivity contribution is 5.27. The van der Waals surface area contributed by atoms with Crippen molar-refractivity contribution in [3.63, 3.8) is 0 Å². The van der Waals surface area contributed by atoms with Gasteiger partial charge >= 0.3 is 0 Å². The van der Waals surface area contributed by atoms with Gasteiger partial charge in [0.15, 0.2) is 0 Å². The Bertz CT molecular complexity index is 348. The van der Waals surface area contributed by atoms with Gasteiger partial charge in [0.25, 0.3) is 0 Å². The van der Waals surface area contributed by atoms with E-state index in [2.05, 4.69) is 50.3 Å². The van der Waals surface area contributed by atoms with Gasteiger partial charge < -0.3 is 15.0 Å². The number of likely N-dealkylation sites (N-methyl/N-ethyl adjacent to an activating group) is 1. The van der Waals surface area contributed by atoms with Gasteiger partial charge in [-0.2, -0.15) is 0 Å². The monoisotopic (exact) mass is 264 g/mol. The van der Waals surface area contributed by atoms with Crippen LogP contribution in [0.1, 0.15) is 25.8 Å². The lowest BCUT2D eigenvalue weighted by atomic mass is 10.1. The van der Waals surface area contributed by atoms with E-state index in [0.29, 0.717) is 12.1 Å². The molecule has 0 radical (unpaired) electrons. The average molecular weight is 264 g/mol. The lowest BCUT2D eigenvalue weighted by Crippen LogP contribution is -2.39. The summed E-state index contributed by atoms with van der Waals surface area (Å²) in [7, 11) is 5.94. The zero-order valence-corrected chi connectivity index (χ0v) is 12.9. The second kappa shape index (κ2) is 8.18. The highest BCUT2D eigenvalue weighted by atomic mass is 16.5. The molecule has 108 valence electrons. The number of nitrogens with one attached hydrogen (secondary N) is 1. The van der Waals surface area contributed by atoms with Crippen molar-refractivity contribution in [2.24, 2.45) is 0 Å². The maximum absolute atomic E-state index is 5.17. The predicted octanol–water partition coefficient (Wildman–Crippen LogP) is 2.56. The Morgan fingerprint density at radius 3 is 2.32 bits per heavy atom. The molecule has 0 amide bonds. The van der Waals surface area contributed by atoms with Crippen molar-refractivity contribution in [2.75, 3.05) is 27.7 Å². The van der Waals surface area contributed by atoms with E-state index in [0.717, 1.165) is 25.1 Å². The highest BCUT2D eigenvalue weighted by Gasteiger charge is 2.07. The maximum atomic E-state index is 5.17. The van der Waals surface area contributed by atoms with Gasteiger partial charge in [-0.3, -0.25) is 0 Å². The van der Waals surface area contributed by atoms with Gasteiger partial charge in [-0.15, -0.1) is 0 Å². The number of hydrogen-bond acceptors (Lipinski definition) is 3. The molecule has 19 heavy (non-hydrogen) atoms. The third-order valence-electron chi connectivity index (χ3n) is 3.67. The van der Waals surface area contributed by atoms with Gasteiger partial charge in [-0.25, -0.2) is 0 Å². The van der Waals surface area contributed by atoms with Crippen LogP contribution in [-0.4, -0.2) is 44.7 Å². The number of hydrogen-bond donors (Lipinski definition) is 1. The summed E-state index contributed by atoms with van der Waals surface area (Å²) >= 11 is 0. The molecule has 2 atom stereocenters. The van der Waals surface area contributed by atoms with Crippen molar-refractivity contribution < 1.29 is 4.74 Å². The van der Waals surface area contributed by atoms with E-state index in [1.807, 2.05) is 12.1 Å². The molecule has 0 fully saturated rings. The first-order valence-electron chi connectivity index (χ1n) is 7.05. The minimum atomic E-state index is 0.546. The number of ether oxygens (including phenoxy) is 1. The Morgan fingerprint density at radius 1 is 1.16 bits per heavy atom. The summed E-state index contributed by atoms with van der Waals surface area (Å²) in [6.45, 7) is 5.53. The van der Waals surface area contributed by atoms with E-state index >= 15 is 0 Å². The van der Waals surface area contributed by atoms with Crippen LogP contribution in [0.25, 0.3) is 0 Å². The summed E-state index contributed by atoms with van der Waals surface area (Å²) in [5.74, 6) is 0.926. The van der Waals surface area contributed by atoms with E-state index in [4.69, 9.17) is 4.74 Å². The van der Waals surface area contributed by atoms with E-state index < -0.39 is 0 Å². The van der Waals surface area contributed by atoms with Gasteiger partial charge in [0, 0.05) is 18.6 Å². The summed E-state index contributed by atoms with van der Waals surface area (Å²) in [6, 6.07) is 9.47. The van der Waals surface area contributed by atoms with Crippen molar-refractivity contribution in [3.05, 3.63) is 29.8 Å². The fourth-order valence-corrected chi connectivity index (χ4v) is 1.83. The molecule has 0 aliphatic carbocycles. The first kappa shape index (κ1) is 16.0. The number of nitrogens with zero attached hydrogens (tertiary/aromatic N) is 1. The number of aryl methyl sites for hydroxylation is 1. The van der Waals surface area contributed by atoms with Crippen LogP contribution in [-0.2, 0) is 6.42 Å². The van der Waals surface area contributed by atoms with Gasteiger partial charge in [-0.05, 0) is 58.5 Å². The molecular formula is C16H28N2O. The van der Waals surface area contributed by atoms with Crippen molar-refractivity contribution in [2.45, 2.75) is 38.8 Å². The molecule has 0 heterocycles. The molecule has 0 saturated heterocycles. The lowest BCUT2D eigenvalue weighted by molar-refractivity contribution is 0.293.